The number of nitrogens with one attached hydrogen (secondary N) is 1. The number of rotatable bonds is 3. The highest BCUT2D eigenvalue weighted by Gasteiger charge is 2.29. The molecule has 1 atom stereocenters. The minimum absolute atomic E-state index is 0.0178. The number of methoxy groups -OCH3 is 2. The minimum Gasteiger partial charge on any atom is -0.493 e. The van der Waals surface area contributed by atoms with Crippen LogP contribution in [0.2, 0.25) is 0 Å². The van der Waals surface area contributed by atoms with Crippen LogP contribution in [0.4, 0.5) is 5.69 Å². The Kier molecular flexibility index (Phi) is 3.91. The molecule has 1 aliphatic heterocycles. The molecule has 1 aromatic carbocycles. The first-order chi connectivity index (χ1) is 10.1. The van der Waals surface area contributed by atoms with Crippen molar-refractivity contribution in [3.8, 4) is 11.5 Å². The topological polar surface area (TPSA) is 47.6 Å². The van der Waals surface area contributed by atoms with Gasteiger partial charge in [-0.25, -0.2) is 0 Å². The van der Waals surface area contributed by atoms with Crippen LogP contribution in [-0.4, -0.2) is 20.1 Å². The fourth-order valence-corrected chi connectivity index (χ4v) is 4.12. The molecule has 1 amide bonds. The highest BCUT2D eigenvalue weighted by molar-refractivity contribution is 9.10. The first-order valence-electron chi connectivity index (χ1n) is 6.42. The number of anilines is 1. The van der Waals surface area contributed by atoms with E-state index in [9.17, 15) is 4.79 Å². The largest absolute Gasteiger partial charge is 0.493 e. The summed E-state index contributed by atoms with van der Waals surface area (Å²) in [4.78, 5) is 13.1. The molecular formula is C15H14BrNO3S. The van der Waals surface area contributed by atoms with Crippen LogP contribution in [0.1, 0.15) is 22.8 Å². The van der Waals surface area contributed by atoms with Crippen LogP contribution in [0, 0.1) is 0 Å². The van der Waals surface area contributed by atoms with Gasteiger partial charge in [0.15, 0.2) is 11.5 Å². The molecule has 110 valence electrons. The van der Waals surface area contributed by atoms with E-state index >= 15 is 0 Å². The molecule has 0 saturated heterocycles. The second kappa shape index (κ2) is 5.69. The van der Waals surface area contributed by atoms with Crippen molar-refractivity contribution in [1.29, 1.82) is 0 Å². The van der Waals surface area contributed by atoms with Crippen molar-refractivity contribution in [3.63, 3.8) is 0 Å². The highest BCUT2D eigenvalue weighted by atomic mass is 79.9. The molecule has 0 aliphatic carbocycles. The maximum Gasteiger partial charge on any atom is 0.225 e. The fraction of sp³-hybridized carbons (Fsp3) is 0.267. The van der Waals surface area contributed by atoms with Gasteiger partial charge in [-0.15, -0.1) is 11.3 Å². The van der Waals surface area contributed by atoms with Crippen LogP contribution < -0.4 is 14.8 Å². The van der Waals surface area contributed by atoms with Crippen LogP contribution >= 0.6 is 27.3 Å². The second-order valence-electron chi connectivity index (χ2n) is 4.77. The third-order valence-corrected chi connectivity index (χ3v) is 5.33. The van der Waals surface area contributed by atoms with Crippen molar-refractivity contribution in [2.45, 2.75) is 12.3 Å². The lowest BCUT2D eigenvalue weighted by Crippen LogP contribution is -2.23. The van der Waals surface area contributed by atoms with Gasteiger partial charge in [0.25, 0.3) is 0 Å². The average Bonchev–Trinajstić information content (AvgIpc) is 2.91. The molecule has 0 spiro atoms. The number of carbonyl (C=O) groups is 1. The summed E-state index contributed by atoms with van der Waals surface area (Å²) in [6.45, 7) is 0. The quantitative estimate of drug-likeness (QED) is 0.891. The maximum absolute atomic E-state index is 12.0. The van der Waals surface area contributed by atoms with Crippen molar-refractivity contribution in [3.05, 3.63) is 38.5 Å². The summed E-state index contributed by atoms with van der Waals surface area (Å²) < 4.78 is 11.7. The predicted molar refractivity (Wildman–Crippen MR) is 86.7 cm³/mol. The van der Waals surface area contributed by atoms with Crippen molar-refractivity contribution in [2.75, 3.05) is 19.5 Å². The minimum atomic E-state index is 0.0178. The third kappa shape index (κ3) is 2.65. The summed E-state index contributed by atoms with van der Waals surface area (Å²) in [6, 6.07) is 5.83. The number of benzene rings is 1. The molecule has 1 aliphatic rings. The fourth-order valence-electron chi connectivity index (χ4n) is 2.55. The predicted octanol–water partition coefficient (Wildman–Crippen LogP) is 4.00. The van der Waals surface area contributed by atoms with Crippen LogP contribution in [-0.2, 0) is 4.79 Å². The third-order valence-electron chi connectivity index (χ3n) is 3.53. The van der Waals surface area contributed by atoms with Crippen LogP contribution in [0.3, 0.4) is 0 Å². The molecule has 3 rings (SSSR count). The van der Waals surface area contributed by atoms with Gasteiger partial charge in [-0.05, 0) is 33.6 Å². The summed E-state index contributed by atoms with van der Waals surface area (Å²) in [7, 11) is 3.20. The summed E-state index contributed by atoms with van der Waals surface area (Å²) in [5, 5.41) is 4.94. The van der Waals surface area contributed by atoms with E-state index in [4.69, 9.17) is 9.47 Å². The Hall–Kier alpha value is -1.53. The van der Waals surface area contributed by atoms with E-state index in [2.05, 4.69) is 27.3 Å². The van der Waals surface area contributed by atoms with E-state index in [0.29, 0.717) is 17.9 Å². The highest BCUT2D eigenvalue weighted by Crippen LogP contribution is 2.44. The van der Waals surface area contributed by atoms with Crippen molar-refractivity contribution < 1.29 is 14.3 Å². The number of ether oxygens (including phenoxy) is 2. The SMILES string of the molecule is COc1cc2c(cc1OC)[C@H](c1cc(Br)cs1)CC(=O)N2. The Labute approximate surface area is 135 Å². The van der Waals surface area contributed by atoms with Crippen LogP contribution in [0.25, 0.3) is 0 Å². The van der Waals surface area contributed by atoms with E-state index in [0.717, 1.165) is 20.6 Å². The van der Waals surface area contributed by atoms with E-state index in [-0.39, 0.29) is 11.8 Å². The van der Waals surface area contributed by atoms with Gasteiger partial charge in [0.2, 0.25) is 5.91 Å². The number of thiophene rings is 1. The molecule has 21 heavy (non-hydrogen) atoms. The Balaban J connectivity index is 2.12. The summed E-state index contributed by atoms with van der Waals surface area (Å²) in [5.41, 5.74) is 1.85. The molecule has 1 aromatic heterocycles. The molecular weight excluding hydrogens is 354 g/mol. The zero-order valence-electron chi connectivity index (χ0n) is 11.6. The Morgan fingerprint density at radius 1 is 1.24 bits per heavy atom. The standard InChI is InChI=1S/C15H14BrNO3S/c1-19-12-4-9-10(14-3-8(16)7-21-14)5-15(18)17-11(9)6-13(12)20-2/h3-4,6-7,10H,5H2,1-2H3,(H,17,18)/t10-/m1/s1. The average molecular weight is 368 g/mol. The zero-order chi connectivity index (χ0) is 15.0. The van der Waals surface area contributed by atoms with Gasteiger partial charge in [0.1, 0.15) is 0 Å². The first kappa shape index (κ1) is 14.4. The van der Waals surface area contributed by atoms with Crippen molar-refractivity contribution in [1.82, 2.24) is 0 Å². The molecule has 1 N–H and O–H groups in total. The molecule has 0 bridgehead atoms. The number of halogens is 1. The normalized spacial score (nSPS) is 17.1. The number of carbonyl (C=O) groups excluding carboxylic acids is 1. The number of hydrogen-bond donors (Lipinski definition) is 1. The molecule has 0 saturated carbocycles. The van der Waals surface area contributed by atoms with E-state index in [1.54, 1.807) is 25.6 Å². The molecule has 2 aromatic rings. The second-order valence-corrected chi connectivity index (χ2v) is 6.63. The van der Waals surface area contributed by atoms with Gasteiger partial charge in [-0.1, -0.05) is 0 Å². The van der Waals surface area contributed by atoms with Gasteiger partial charge < -0.3 is 14.8 Å². The lowest BCUT2D eigenvalue weighted by Gasteiger charge is -2.26. The van der Waals surface area contributed by atoms with Gasteiger partial charge in [0, 0.05) is 38.8 Å². The number of hydrogen-bond acceptors (Lipinski definition) is 4. The van der Waals surface area contributed by atoms with Gasteiger partial charge in [-0.2, -0.15) is 0 Å². The van der Waals surface area contributed by atoms with Gasteiger partial charge in [0.05, 0.1) is 14.2 Å². The first-order valence-corrected chi connectivity index (χ1v) is 8.09. The number of amides is 1. The van der Waals surface area contributed by atoms with E-state index in [1.807, 2.05) is 17.5 Å². The number of fused-ring (bicyclic) bond motifs is 1. The summed E-state index contributed by atoms with van der Waals surface area (Å²) >= 11 is 5.12. The lowest BCUT2D eigenvalue weighted by atomic mass is 9.89. The van der Waals surface area contributed by atoms with Crippen molar-refractivity contribution >= 4 is 38.9 Å². The Bertz CT molecular complexity index is 698. The summed E-state index contributed by atoms with van der Waals surface area (Å²) in [6.07, 6.45) is 0.440. The maximum atomic E-state index is 12.0. The lowest BCUT2D eigenvalue weighted by molar-refractivity contribution is -0.116. The Morgan fingerprint density at radius 2 is 1.95 bits per heavy atom. The van der Waals surface area contributed by atoms with Crippen LogP contribution in [0.5, 0.6) is 11.5 Å². The molecule has 0 fully saturated rings. The zero-order valence-corrected chi connectivity index (χ0v) is 14.0. The Morgan fingerprint density at radius 3 is 2.57 bits per heavy atom. The molecule has 0 radical (unpaired) electrons. The molecule has 2 heterocycles. The van der Waals surface area contributed by atoms with E-state index < -0.39 is 0 Å². The van der Waals surface area contributed by atoms with E-state index in [1.165, 1.54) is 0 Å². The van der Waals surface area contributed by atoms with Gasteiger partial charge >= 0.3 is 0 Å². The molecule has 4 nitrogen and oxygen atoms in total. The molecule has 0 unspecified atom stereocenters. The smallest absolute Gasteiger partial charge is 0.225 e. The summed E-state index contributed by atoms with van der Waals surface area (Å²) in [5.74, 6) is 1.35. The monoisotopic (exact) mass is 367 g/mol. The van der Waals surface area contributed by atoms with Gasteiger partial charge in [-0.3, -0.25) is 4.79 Å². The van der Waals surface area contributed by atoms with Crippen molar-refractivity contribution in [2.24, 2.45) is 0 Å². The molecule has 6 heteroatoms. The van der Waals surface area contributed by atoms with Crippen LogP contribution in [0.15, 0.2) is 28.1 Å².